The Balaban J connectivity index is 0.811. The van der Waals surface area contributed by atoms with E-state index in [0.717, 1.165) is 165 Å². The molecule has 18 aromatic rings. The summed E-state index contributed by atoms with van der Waals surface area (Å²) < 4.78 is 9.04. The Hall–Kier alpha value is -13.2. The number of aryl methyl sites for hydroxylation is 7. The molecule has 0 unspecified atom stereocenters. The molecule has 12 nitrogen and oxygen atoms in total. The van der Waals surface area contributed by atoms with Gasteiger partial charge in [0, 0.05) is 65.3 Å². The van der Waals surface area contributed by atoms with Gasteiger partial charge in [-0.3, -0.25) is 0 Å². The third kappa shape index (κ3) is 9.63. The number of hydrogen-bond acceptors (Lipinski definition) is 8. The van der Waals surface area contributed by atoms with E-state index in [1.165, 1.54) is 0 Å². The third-order valence-corrected chi connectivity index (χ3v) is 19.8. The van der Waals surface area contributed by atoms with E-state index in [-0.39, 0.29) is 0 Å². The second-order valence-electron chi connectivity index (χ2n) is 26.6. The van der Waals surface area contributed by atoms with Gasteiger partial charge < -0.3 is 18.3 Å². The minimum atomic E-state index is 0.473. The first-order valence-electron chi connectivity index (χ1n) is 33.6. The molecule has 6 heterocycles. The van der Waals surface area contributed by atoms with Gasteiger partial charge in [0.25, 0.3) is 0 Å². The lowest BCUT2D eigenvalue weighted by Crippen LogP contribution is -2.07. The standard InChI is InChI=1S/C88H62N12/c1-50-25-32-75-66(36-50)67-37-51(2)26-33-76(67)98(75)83-44-61(48-89)79(47-72(83)88-95-85(59-16-10-8-11-17-59)94-86(96-88)60-18-12-9-13-19-60)97-74-31-24-52(3)38-68(74)70-43-58(28-35-78(70)97)41-57-27-34-77-69(42-57)65-30-23-54(5)40-82(65)100(77)84-45-62(49-90)80(46-71(84)87-92-55(6)91-56(7)93-87)99-73-21-15-14-20-63(73)64-29-22-53(4)39-81(64)99/h8-40,42-47H,41H2,1-7H3. The lowest BCUT2D eigenvalue weighted by molar-refractivity contribution is 0.926. The van der Waals surface area contributed by atoms with Crippen LogP contribution < -0.4 is 0 Å². The number of nitrogens with zero attached hydrogens (tertiary/aromatic N) is 12. The van der Waals surface area contributed by atoms with Gasteiger partial charge in [-0.05, 0) is 180 Å². The first-order valence-corrected chi connectivity index (χ1v) is 33.6. The Labute approximate surface area is 576 Å². The monoisotopic (exact) mass is 1290 g/mol. The summed E-state index contributed by atoms with van der Waals surface area (Å²) in [6, 6.07) is 88.6. The zero-order chi connectivity index (χ0) is 67.8. The van der Waals surface area contributed by atoms with Gasteiger partial charge in [-0.25, -0.2) is 29.9 Å². The molecule has 100 heavy (non-hydrogen) atoms. The zero-order valence-electron chi connectivity index (χ0n) is 56.1. The summed E-state index contributed by atoms with van der Waals surface area (Å²) in [4.78, 5) is 30.6. The second-order valence-corrected chi connectivity index (χ2v) is 26.6. The summed E-state index contributed by atoms with van der Waals surface area (Å²) >= 11 is 0. The molecule has 6 aromatic heterocycles. The lowest BCUT2D eigenvalue weighted by atomic mass is 10.00. The van der Waals surface area contributed by atoms with Crippen molar-refractivity contribution in [2.45, 2.75) is 54.9 Å². The molecule has 0 amide bonds. The maximum Gasteiger partial charge on any atom is 0.166 e. The highest BCUT2D eigenvalue weighted by Crippen LogP contribution is 2.45. The van der Waals surface area contributed by atoms with Crippen LogP contribution in [-0.4, -0.2) is 48.2 Å². The van der Waals surface area contributed by atoms with Crippen molar-refractivity contribution in [3.8, 4) is 80.4 Å². The zero-order valence-corrected chi connectivity index (χ0v) is 56.1. The molecule has 12 heteroatoms. The van der Waals surface area contributed by atoms with E-state index in [4.69, 9.17) is 24.9 Å². The van der Waals surface area contributed by atoms with Crippen molar-refractivity contribution in [1.82, 2.24) is 48.2 Å². The molecule has 12 aromatic carbocycles. The van der Waals surface area contributed by atoms with Crippen LogP contribution in [0.1, 0.15) is 61.7 Å². The van der Waals surface area contributed by atoms with Gasteiger partial charge in [0.1, 0.15) is 23.8 Å². The molecular weight excluding hydrogens is 1230 g/mol. The van der Waals surface area contributed by atoms with Crippen molar-refractivity contribution in [1.29, 1.82) is 10.5 Å². The Morgan fingerprint density at radius 1 is 0.270 bits per heavy atom. The first kappa shape index (κ1) is 59.3. The largest absolute Gasteiger partial charge is 0.308 e. The average molecular weight is 1290 g/mol. The van der Waals surface area contributed by atoms with Crippen molar-refractivity contribution in [2.24, 2.45) is 0 Å². The number of nitriles is 2. The van der Waals surface area contributed by atoms with Gasteiger partial charge in [-0.2, -0.15) is 10.5 Å². The van der Waals surface area contributed by atoms with E-state index in [1.807, 2.05) is 86.6 Å². The summed E-state index contributed by atoms with van der Waals surface area (Å²) in [5.41, 5.74) is 23.1. The summed E-state index contributed by atoms with van der Waals surface area (Å²) in [5, 5.41) is 31.8. The molecule has 0 aliphatic heterocycles. The predicted octanol–water partition coefficient (Wildman–Crippen LogP) is 20.6. The molecule has 0 atom stereocenters. The van der Waals surface area contributed by atoms with Gasteiger partial charge in [0.15, 0.2) is 23.3 Å². The van der Waals surface area contributed by atoms with E-state index in [9.17, 15) is 10.5 Å². The van der Waals surface area contributed by atoms with Crippen LogP contribution in [0.2, 0.25) is 0 Å². The van der Waals surface area contributed by atoms with Crippen molar-refractivity contribution < 1.29 is 0 Å². The van der Waals surface area contributed by atoms with Gasteiger partial charge in [-0.15, -0.1) is 0 Å². The van der Waals surface area contributed by atoms with E-state index in [2.05, 4.69) is 234 Å². The van der Waals surface area contributed by atoms with E-state index in [1.54, 1.807) is 0 Å². The van der Waals surface area contributed by atoms with Gasteiger partial charge in [0.05, 0.1) is 78.0 Å². The molecule has 0 aliphatic rings. The smallest absolute Gasteiger partial charge is 0.166 e. The second kappa shape index (κ2) is 23.0. The maximum atomic E-state index is 11.7. The highest BCUT2D eigenvalue weighted by molar-refractivity contribution is 6.14. The van der Waals surface area contributed by atoms with Crippen LogP contribution in [0.5, 0.6) is 0 Å². The molecule has 18 rings (SSSR count). The fraction of sp³-hybridized carbons (Fsp3) is 0.0909. The number of fused-ring (bicyclic) bond motifs is 12. The Morgan fingerprint density at radius 3 is 1.09 bits per heavy atom. The summed E-state index contributed by atoms with van der Waals surface area (Å²) in [6.45, 7) is 14.4. The van der Waals surface area contributed by atoms with Crippen LogP contribution in [0.4, 0.5) is 0 Å². The molecule has 0 fully saturated rings. The topological polar surface area (TPSA) is 145 Å². The lowest BCUT2D eigenvalue weighted by Gasteiger charge is -2.19. The Morgan fingerprint density at radius 2 is 0.610 bits per heavy atom. The number of rotatable bonds is 10. The van der Waals surface area contributed by atoms with Crippen molar-refractivity contribution in [2.75, 3.05) is 0 Å². The summed E-state index contributed by atoms with van der Waals surface area (Å²) in [5.74, 6) is 3.29. The number of hydrogen-bond donors (Lipinski definition) is 0. The van der Waals surface area contributed by atoms with Crippen LogP contribution in [-0.2, 0) is 6.42 Å². The molecule has 0 radical (unpaired) electrons. The van der Waals surface area contributed by atoms with E-state index in [0.29, 0.717) is 58.2 Å². The van der Waals surface area contributed by atoms with Crippen LogP contribution in [0.25, 0.3) is 156 Å². The van der Waals surface area contributed by atoms with Gasteiger partial charge in [0.2, 0.25) is 0 Å². The van der Waals surface area contributed by atoms with Crippen molar-refractivity contribution >= 4 is 87.2 Å². The molecular formula is C88H62N12. The number of aromatic nitrogens is 10. The third-order valence-electron chi connectivity index (χ3n) is 19.8. The first-order chi connectivity index (χ1) is 48.8. The summed E-state index contributed by atoms with van der Waals surface area (Å²) in [7, 11) is 0. The van der Waals surface area contributed by atoms with Crippen LogP contribution in [0.3, 0.4) is 0 Å². The number of benzene rings is 12. The highest BCUT2D eigenvalue weighted by atomic mass is 15.1. The molecule has 0 bridgehead atoms. The average Bonchev–Trinajstić information content (AvgIpc) is 1.56. The van der Waals surface area contributed by atoms with Crippen molar-refractivity contribution in [3.05, 3.63) is 298 Å². The van der Waals surface area contributed by atoms with Crippen LogP contribution in [0, 0.1) is 71.1 Å². The predicted molar refractivity (Wildman–Crippen MR) is 404 cm³/mol. The highest BCUT2D eigenvalue weighted by Gasteiger charge is 2.28. The van der Waals surface area contributed by atoms with E-state index >= 15 is 0 Å². The van der Waals surface area contributed by atoms with Gasteiger partial charge in [-0.1, -0.05) is 150 Å². The quantitative estimate of drug-likeness (QED) is 0.132. The fourth-order valence-electron chi connectivity index (χ4n) is 15.3. The summed E-state index contributed by atoms with van der Waals surface area (Å²) in [6.07, 6.45) is 0.635. The number of para-hydroxylation sites is 1. The minimum absolute atomic E-state index is 0.473. The SMILES string of the molecule is Cc1ccc2c(c1)c1cc(Cc3ccc4c(c3)c3ccc(C)cc3n4-c3cc(C#N)c(-n4c5ccccc5c5ccc(C)cc54)cc3-c3nc(C)nc(C)n3)ccc1n2-c1cc(-c2nc(-c3ccccc3)nc(-c3ccccc3)n2)c(-n2c3ccc(C)cc3c3cc(C)ccc32)cc1C#N. The minimum Gasteiger partial charge on any atom is -0.308 e. The van der Waals surface area contributed by atoms with Gasteiger partial charge >= 0.3 is 0 Å². The maximum absolute atomic E-state index is 11.7. The normalized spacial score (nSPS) is 11.8. The molecule has 0 saturated heterocycles. The Bertz CT molecular complexity index is 6470. The van der Waals surface area contributed by atoms with Crippen LogP contribution >= 0.6 is 0 Å². The Kier molecular flexibility index (Phi) is 13.7. The van der Waals surface area contributed by atoms with Crippen molar-refractivity contribution in [3.63, 3.8) is 0 Å². The van der Waals surface area contributed by atoms with Crippen LogP contribution in [0.15, 0.2) is 237 Å². The molecule has 0 spiro atoms. The molecule has 0 aliphatic carbocycles. The molecule has 474 valence electrons. The molecule has 0 saturated carbocycles. The fourth-order valence-corrected chi connectivity index (χ4v) is 15.3. The van der Waals surface area contributed by atoms with E-state index < -0.39 is 0 Å². The molecule has 0 N–H and O–H groups in total.